The Morgan fingerprint density at radius 3 is 2.50 bits per heavy atom. The third kappa shape index (κ3) is 1.82. The maximum atomic E-state index is 12.3. The number of rotatable bonds is 0. The smallest absolute Gasteiger partial charge is 0.182 e. The van der Waals surface area contributed by atoms with Gasteiger partial charge < -0.3 is 4.90 Å². The van der Waals surface area contributed by atoms with Gasteiger partial charge in [0.15, 0.2) is 17.3 Å². The summed E-state index contributed by atoms with van der Waals surface area (Å²) in [5.74, 6) is -0.0594. The van der Waals surface area contributed by atoms with Crippen molar-refractivity contribution >= 4 is 17.3 Å². The van der Waals surface area contributed by atoms with Gasteiger partial charge in [0.25, 0.3) is 0 Å². The van der Waals surface area contributed by atoms with E-state index in [1.165, 1.54) is 6.08 Å². The van der Waals surface area contributed by atoms with Crippen molar-refractivity contribution in [1.29, 1.82) is 0 Å². The number of hydrogen-bond donors (Lipinski definition) is 0. The van der Waals surface area contributed by atoms with Crippen LogP contribution in [0.3, 0.4) is 0 Å². The van der Waals surface area contributed by atoms with Crippen LogP contribution in [0, 0.1) is 0 Å². The molecule has 0 aromatic heterocycles. The minimum atomic E-state index is -0.858. The van der Waals surface area contributed by atoms with Crippen LogP contribution in [0.2, 0.25) is 0 Å². The molecule has 0 amide bonds. The van der Waals surface area contributed by atoms with Gasteiger partial charge in [-0.2, -0.15) is 0 Å². The summed E-state index contributed by atoms with van der Waals surface area (Å²) in [5.41, 5.74) is 0.395. The Labute approximate surface area is 106 Å². The summed E-state index contributed by atoms with van der Waals surface area (Å²) in [7, 11) is 1.78. The molecule has 2 rings (SSSR count). The molecule has 0 aromatic rings. The maximum Gasteiger partial charge on any atom is 0.182 e. The predicted octanol–water partition coefficient (Wildman–Crippen LogP) is 1.41. The highest BCUT2D eigenvalue weighted by Crippen LogP contribution is 2.35. The third-order valence-corrected chi connectivity index (χ3v) is 4.03. The average molecular weight is 247 g/mol. The lowest BCUT2D eigenvalue weighted by Gasteiger charge is -2.42. The number of hydrogen-bond acceptors (Lipinski definition) is 4. The van der Waals surface area contributed by atoms with Crippen LogP contribution in [0.25, 0.3) is 0 Å². The van der Waals surface area contributed by atoms with Gasteiger partial charge in [-0.05, 0) is 38.0 Å². The Hall–Kier alpha value is -1.71. The van der Waals surface area contributed by atoms with Crippen LogP contribution in [0.4, 0.5) is 0 Å². The quantitative estimate of drug-likeness (QED) is 0.649. The van der Waals surface area contributed by atoms with Gasteiger partial charge in [0.2, 0.25) is 0 Å². The minimum absolute atomic E-state index is 0.0106. The molecular weight excluding hydrogens is 230 g/mol. The number of carbonyl (C=O) groups is 3. The van der Waals surface area contributed by atoms with E-state index in [0.717, 1.165) is 5.70 Å². The molecule has 2 aliphatic rings. The molecule has 0 bridgehead atoms. The standard InChI is InChI=1S/C14H17NO3/c1-9-6-13(18)14(8-12(9)17)5-4-11(16)7-10(2)15(14)3/h6-7H,4-5,8H2,1-3H3. The van der Waals surface area contributed by atoms with Gasteiger partial charge in [-0.25, -0.2) is 0 Å². The fourth-order valence-corrected chi connectivity index (χ4v) is 2.64. The monoisotopic (exact) mass is 247 g/mol. The summed E-state index contributed by atoms with van der Waals surface area (Å²) in [6.45, 7) is 3.46. The molecular formula is C14H17NO3. The van der Waals surface area contributed by atoms with Gasteiger partial charge in [0.1, 0.15) is 5.54 Å². The molecule has 0 saturated heterocycles. The predicted molar refractivity (Wildman–Crippen MR) is 66.9 cm³/mol. The summed E-state index contributed by atoms with van der Waals surface area (Å²) >= 11 is 0. The third-order valence-electron chi connectivity index (χ3n) is 4.03. The van der Waals surface area contributed by atoms with Crippen molar-refractivity contribution < 1.29 is 14.4 Å². The molecule has 1 aliphatic carbocycles. The molecule has 0 aromatic carbocycles. The van der Waals surface area contributed by atoms with E-state index >= 15 is 0 Å². The van der Waals surface area contributed by atoms with E-state index in [1.54, 1.807) is 31.9 Å². The first-order chi connectivity index (χ1) is 8.36. The topological polar surface area (TPSA) is 54.5 Å². The number of Topliss-reactive ketones (excluding diaryl/α,β-unsaturated/α-hetero) is 1. The van der Waals surface area contributed by atoms with Crippen LogP contribution < -0.4 is 0 Å². The van der Waals surface area contributed by atoms with Crippen molar-refractivity contribution in [2.45, 2.75) is 38.6 Å². The van der Waals surface area contributed by atoms with Crippen molar-refractivity contribution in [3.05, 3.63) is 23.4 Å². The number of carbonyl (C=O) groups excluding carboxylic acids is 3. The molecule has 1 aliphatic heterocycles. The molecule has 96 valence electrons. The number of allylic oxidation sites excluding steroid dienone is 3. The lowest BCUT2D eigenvalue weighted by atomic mass is 9.76. The molecule has 1 heterocycles. The summed E-state index contributed by atoms with van der Waals surface area (Å²) in [6.07, 6.45) is 3.87. The Morgan fingerprint density at radius 1 is 1.17 bits per heavy atom. The minimum Gasteiger partial charge on any atom is -0.365 e. The zero-order valence-corrected chi connectivity index (χ0v) is 10.9. The highest BCUT2D eigenvalue weighted by atomic mass is 16.1. The van der Waals surface area contributed by atoms with Crippen molar-refractivity contribution in [2.75, 3.05) is 7.05 Å². The van der Waals surface area contributed by atoms with Crippen LogP contribution in [0.15, 0.2) is 23.4 Å². The van der Waals surface area contributed by atoms with Gasteiger partial charge in [0, 0.05) is 25.6 Å². The fourth-order valence-electron chi connectivity index (χ4n) is 2.64. The summed E-state index contributed by atoms with van der Waals surface area (Å²) in [5, 5.41) is 0. The SMILES string of the molecule is CC1=CC(=O)C2(CCC(=O)C=C(C)N2C)CC1=O. The van der Waals surface area contributed by atoms with Gasteiger partial charge >= 0.3 is 0 Å². The molecule has 0 saturated carbocycles. The first kappa shape index (κ1) is 12.7. The second-order valence-corrected chi connectivity index (χ2v) is 5.13. The lowest BCUT2D eigenvalue weighted by molar-refractivity contribution is -0.132. The first-order valence-corrected chi connectivity index (χ1v) is 6.08. The summed E-state index contributed by atoms with van der Waals surface area (Å²) in [6, 6.07) is 0. The van der Waals surface area contributed by atoms with E-state index in [4.69, 9.17) is 0 Å². The normalized spacial score (nSPS) is 29.3. The second kappa shape index (κ2) is 4.19. The first-order valence-electron chi connectivity index (χ1n) is 6.08. The Morgan fingerprint density at radius 2 is 1.83 bits per heavy atom. The molecule has 4 nitrogen and oxygen atoms in total. The Bertz CT molecular complexity index is 501. The molecule has 1 atom stereocenters. The molecule has 0 N–H and O–H groups in total. The zero-order valence-electron chi connectivity index (χ0n) is 10.9. The largest absolute Gasteiger partial charge is 0.365 e. The van der Waals surface area contributed by atoms with Crippen molar-refractivity contribution in [3.8, 4) is 0 Å². The van der Waals surface area contributed by atoms with Crippen molar-refractivity contribution in [1.82, 2.24) is 4.90 Å². The second-order valence-electron chi connectivity index (χ2n) is 5.13. The highest BCUT2D eigenvalue weighted by molar-refractivity contribution is 6.13. The van der Waals surface area contributed by atoms with E-state index < -0.39 is 5.54 Å². The van der Waals surface area contributed by atoms with Crippen LogP contribution in [-0.2, 0) is 14.4 Å². The summed E-state index contributed by atoms with van der Waals surface area (Å²) in [4.78, 5) is 37.6. The molecule has 4 heteroatoms. The van der Waals surface area contributed by atoms with Gasteiger partial charge in [-0.1, -0.05) is 0 Å². The highest BCUT2D eigenvalue weighted by Gasteiger charge is 2.46. The van der Waals surface area contributed by atoms with Crippen LogP contribution in [-0.4, -0.2) is 34.8 Å². The zero-order chi connectivity index (χ0) is 13.5. The molecule has 18 heavy (non-hydrogen) atoms. The number of nitrogens with zero attached hydrogens (tertiary/aromatic N) is 1. The fraction of sp³-hybridized carbons (Fsp3) is 0.500. The summed E-state index contributed by atoms with van der Waals surface area (Å²) < 4.78 is 0. The van der Waals surface area contributed by atoms with Gasteiger partial charge in [-0.15, -0.1) is 0 Å². The van der Waals surface area contributed by atoms with E-state index in [1.807, 2.05) is 0 Å². The maximum absolute atomic E-state index is 12.3. The van der Waals surface area contributed by atoms with Crippen molar-refractivity contribution in [2.24, 2.45) is 0 Å². The average Bonchev–Trinajstić information content (AvgIpc) is 2.40. The van der Waals surface area contributed by atoms with E-state index in [-0.39, 0.29) is 23.8 Å². The molecule has 1 unspecified atom stereocenters. The van der Waals surface area contributed by atoms with Crippen molar-refractivity contribution in [3.63, 3.8) is 0 Å². The van der Waals surface area contributed by atoms with E-state index in [9.17, 15) is 14.4 Å². The van der Waals surface area contributed by atoms with E-state index in [2.05, 4.69) is 0 Å². The van der Waals surface area contributed by atoms with Gasteiger partial charge in [0.05, 0.1) is 0 Å². The molecule has 0 radical (unpaired) electrons. The van der Waals surface area contributed by atoms with Crippen LogP contribution in [0.1, 0.15) is 33.1 Å². The Kier molecular flexibility index (Phi) is 2.97. The van der Waals surface area contributed by atoms with Crippen LogP contribution >= 0.6 is 0 Å². The van der Waals surface area contributed by atoms with Gasteiger partial charge in [-0.3, -0.25) is 14.4 Å². The molecule has 0 fully saturated rings. The van der Waals surface area contributed by atoms with E-state index in [0.29, 0.717) is 18.4 Å². The molecule has 1 spiro atoms. The Balaban J connectivity index is 2.48. The lowest BCUT2D eigenvalue weighted by Crippen LogP contribution is -2.54. The number of likely N-dealkylation sites (N-methyl/N-ethyl adjacent to an activating group) is 1. The van der Waals surface area contributed by atoms with Crippen LogP contribution in [0.5, 0.6) is 0 Å². The number of ketones is 3.